The van der Waals surface area contributed by atoms with Crippen molar-refractivity contribution in [1.29, 1.82) is 0 Å². The van der Waals surface area contributed by atoms with Gasteiger partial charge in [0.1, 0.15) is 23.8 Å². The van der Waals surface area contributed by atoms with Gasteiger partial charge in [0.2, 0.25) is 5.75 Å². The number of carbonyl (C=O) groups excluding carboxylic acids is 3. The number of ether oxygens (including phenoxy) is 3. The molecule has 2 aromatic carbocycles. The monoisotopic (exact) mass is 512 g/mol. The van der Waals surface area contributed by atoms with Gasteiger partial charge in [0, 0.05) is 31.2 Å². The fraction of sp³-hybridized carbons (Fsp3) is 0.259. The summed E-state index contributed by atoms with van der Waals surface area (Å²) in [7, 11) is 1.33. The highest BCUT2D eigenvalue weighted by Crippen LogP contribution is 2.32. The maximum absolute atomic E-state index is 14.7. The van der Waals surface area contributed by atoms with E-state index in [2.05, 4.69) is 10.3 Å². The first-order valence-electron chi connectivity index (χ1n) is 11.3. The maximum Gasteiger partial charge on any atom is 0.328 e. The number of benzene rings is 2. The molecule has 1 heterocycles. The fourth-order valence-electron chi connectivity index (χ4n) is 3.79. The van der Waals surface area contributed by atoms with E-state index in [1.165, 1.54) is 32.4 Å². The standard InChI is InChI=1S/C27H26F2N2O6/c1-15(31-26(33)24-25(37-17(3)32)22(35-4)12-13-30-24)27(34)36-16(2)23(18-8-6-5-7-9-18)20-11-10-19(28)14-21(20)29/h5-16,23H,1-4H3,(H,31,33)/t15-,16-,23-/m0/s1. The molecular weight excluding hydrogens is 486 g/mol. The molecule has 3 rings (SSSR count). The van der Waals surface area contributed by atoms with E-state index >= 15 is 0 Å². The van der Waals surface area contributed by atoms with Crippen LogP contribution in [0.5, 0.6) is 11.5 Å². The summed E-state index contributed by atoms with van der Waals surface area (Å²) in [5.41, 5.74) is 0.533. The lowest BCUT2D eigenvalue weighted by Crippen LogP contribution is -2.41. The van der Waals surface area contributed by atoms with E-state index in [0.717, 1.165) is 19.1 Å². The number of hydrogen-bond donors (Lipinski definition) is 1. The first-order valence-corrected chi connectivity index (χ1v) is 11.3. The number of aromatic nitrogens is 1. The van der Waals surface area contributed by atoms with E-state index < -0.39 is 47.5 Å². The highest BCUT2D eigenvalue weighted by atomic mass is 19.1. The lowest BCUT2D eigenvalue weighted by Gasteiger charge is -2.27. The Morgan fingerprint density at radius 3 is 2.32 bits per heavy atom. The second-order valence-electron chi connectivity index (χ2n) is 8.18. The lowest BCUT2D eigenvalue weighted by atomic mass is 9.86. The number of pyridine rings is 1. The summed E-state index contributed by atoms with van der Waals surface area (Å²) in [6, 6.07) is 12.2. The predicted octanol–water partition coefficient (Wildman–Crippen LogP) is 4.18. The Labute approximate surface area is 212 Å². The molecule has 1 amide bonds. The van der Waals surface area contributed by atoms with Crippen molar-refractivity contribution in [3.8, 4) is 11.5 Å². The zero-order chi connectivity index (χ0) is 27.1. The molecule has 0 aliphatic rings. The van der Waals surface area contributed by atoms with Gasteiger partial charge in [0.25, 0.3) is 5.91 Å². The second kappa shape index (κ2) is 12.1. The van der Waals surface area contributed by atoms with Crippen LogP contribution in [0.2, 0.25) is 0 Å². The molecule has 37 heavy (non-hydrogen) atoms. The van der Waals surface area contributed by atoms with Crippen LogP contribution in [0.3, 0.4) is 0 Å². The number of amides is 1. The van der Waals surface area contributed by atoms with Crippen molar-refractivity contribution >= 4 is 17.8 Å². The van der Waals surface area contributed by atoms with Crippen molar-refractivity contribution in [2.75, 3.05) is 7.11 Å². The minimum atomic E-state index is -1.15. The molecule has 1 aromatic heterocycles. The van der Waals surface area contributed by atoms with Gasteiger partial charge in [-0.2, -0.15) is 0 Å². The van der Waals surface area contributed by atoms with Gasteiger partial charge in [-0.25, -0.2) is 18.6 Å². The van der Waals surface area contributed by atoms with Crippen molar-refractivity contribution in [2.24, 2.45) is 0 Å². The summed E-state index contributed by atoms with van der Waals surface area (Å²) < 4.78 is 44.0. The van der Waals surface area contributed by atoms with E-state index in [-0.39, 0.29) is 22.8 Å². The summed E-state index contributed by atoms with van der Waals surface area (Å²) in [6.07, 6.45) is 0.397. The molecule has 0 fully saturated rings. The van der Waals surface area contributed by atoms with Gasteiger partial charge in [-0.3, -0.25) is 9.59 Å². The maximum atomic E-state index is 14.7. The number of carbonyl (C=O) groups is 3. The summed E-state index contributed by atoms with van der Waals surface area (Å²) in [5.74, 6) is -4.65. The first-order chi connectivity index (χ1) is 17.6. The molecule has 194 valence electrons. The zero-order valence-electron chi connectivity index (χ0n) is 20.7. The molecule has 3 aromatic rings. The minimum Gasteiger partial charge on any atom is -0.493 e. The number of nitrogens with one attached hydrogen (secondary N) is 1. The van der Waals surface area contributed by atoms with Crippen LogP contribution in [0.15, 0.2) is 60.8 Å². The van der Waals surface area contributed by atoms with Gasteiger partial charge in [0.05, 0.1) is 7.11 Å². The quantitative estimate of drug-likeness (QED) is 0.429. The Bertz CT molecular complexity index is 1290. The molecule has 3 atom stereocenters. The molecule has 0 unspecified atom stereocenters. The molecular formula is C27H26F2N2O6. The van der Waals surface area contributed by atoms with Gasteiger partial charge < -0.3 is 19.5 Å². The molecule has 0 saturated carbocycles. The molecule has 0 saturated heterocycles. The van der Waals surface area contributed by atoms with Crippen molar-refractivity contribution in [1.82, 2.24) is 10.3 Å². The van der Waals surface area contributed by atoms with Gasteiger partial charge in [-0.1, -0.05) is 36.4 Å². The topological polar surface area (TPSA) is 104 Å². The predicted molar refractivity (Wildman–Crippen MR) is 129 cm³/mol. The number of esters is 2. The minimum absolute atomic E-state index is 0.103. The first kappa shape index (κ1) is 27.3. The van der Waals surface area contributed by atoms with Crippen LogP contribution in [0.1, 0.15) is 48.3 Å². The molecule has 0 aliphatic carbocycles. The number of halogens is 2. The van der Waals surface area contributed by atoms with E-state index in [1.54, 1.807) is 37.3 Å². The average Bonchev–Trinajstić information content (AvgIpc) is 2.85. The number of rotatable bonds is 9. The van der Waals surface area contributed by atoms with Crippen molar-refractivity contribution in [3.63, 3.8) is 0 Å². The summed E-state index contributed by atoms with van der Waals surface area (Å²) >= 11 is 0. The van der Waals surface area contributed by atoms with Crippen LogP contribution in [0.4, 0.5) is 8.78 Å². The van der Waals surface area contributed by atoms with Crippen LogP contribution >= 0.6 is 0 Å². The fourth-order valence-corrected chi connectivity index (χ4v) is 3.79. The Balaban J connectivity index is 1.80. The van der Waals surface area contributed by atoms with Crippen LogP contribution in [-0.4, -0.2) is 42.1 Å². The second-order valence-corrected chi connectivity index (χ2v) is 8.18. The largest absolute Gasteiger partial charge is 0.493 e. The zero-order valence-corrected chi connectivity index (χ0v) is 20.7. The number of nitrogens with zero attached hydrogens (tertiary/aromatic N) is 1. The normalized spacial score (nSPS) is 13.1. The smallest absolute Gasteiger partial charge is 0.328 e. The lowest BCUT2D eigenvalue weighted by molar-refractivity contribution is -0.150. The van der Waals surface area contributed by atoms with Crippen LogP contribution in [0.25, 0.3) is 0 Å². The van der Waals surface area contributed by atoms with E-state index in [4.69, 9.17) is 14.2 Å². The van der Waals surface area contributed by atoms with Gasteiger partial charge >= 0.3 is 11.9 Å². The molecule has 8 nitrogen and oxygen atoms in total. The Kier molecular flexibility index (Phi) is 8.89. The van der Waals surface area contributed by atoms with E-state index in [9.17, 15) is 23.2 Å². The molecule has 10 heteroatoms. The van der Waals surface area contributed by atoms with Crippen LogP contribution < -0.4 is 14.8 Å². The Morgan fingerprint density at radius 2 is 1.70 bits per heavy atom. The van der Waals surface area contributed by atoms with E-state index in [1.807, 2.05) is 0 Å². The summed E-state index contributed by atoms with van der Waals surface area (Å²) in [4.78, 5) is 41.2. The summed E-state index contributed by atoms with van der Waals surface area (Å²) in [6.45, 7) is 4.13. The Hall–Kier alpha value is -4.34. The average molecular weight is 513 g/mol. The molecule has 1 N–H and O–H groups in total. The third-order valence-electron chi connectivity index (χ3n) is 5.48. The SMILES string of the molecule is COc1ccnc(C(=O)N[C@@H](C)C(=O)O[C@@H](C)[C@@H](c2ccccc2)c2ccc(F)cc2F)c1OC(C)=O. The molecule has 0 aliphatic heterocycles. The highest BCUT2D eigenvalue weighted by molar-refractivity contribution is 5.98. The van der Waals surface area contributed by atoms with Crippen molar-refractivity contribution in [3.05, 3.63) is 89.2 Å². The van der Waals surface area contributed by atoms with Gasteiger partial charge in [-0.05, 0) is 31.0 Å². The van der Waals surface area contributed by atoms with Gasteiger partial charge in [0.15, 0.2) is 11.4 Å². The number of hydrogen-bond acceptors (Lipinski definition) is 7. The van der Waals surface area contributed by atoms with E-state index in [0.29, 0.717) is 5.56 Å². The van der Waals surface area contributed by atoms with Crippen LogP contribution in [-0.2, 0) is 14.3 Å². The summed E-state index contributed by atoms with van der Waals surface area (Å²) in [5, 5.41) is 2.46. The third-order valence-corrected chi connectivity index (χ3v) is 5.48. The van der Waals surface area contributed by atoms with Crippen molar-refractivity contribution in [2.45, 2.75) is 38.8 Å². The van der Waals surface area contributed by atoms with Crippen molar-refractivity contribution < 1.29 is 37.4 Å². The Morgan fingerprint density at radius 1 is 1.00 bits per heavy atom. The van der Waals surface area contributed by atoms with Crippen LogP contribution in [0, 0.1) is 11.6 Å². The molecule has 0 spiro atoms. The number of methoxy groups -OCH3 is 1. The highest BCUT2D eigenvalue weighted by Gasteiger charge is 2.30. The molecule has 0 bridgehead atoms. The van der Waals surface area contributed by atoms with Gasteiger partial charge in [-0.15, -0.1) is 0 Å². The molecule has 0 radical (unpaired) electrons. The third kappa shape index (κ3) is 6.66.